The lowest BCUT2D eigenvalue weighted by molar-refractivity contribution is 0.125. The summed E-state index contributed by atoms with van der Waals surface area (Å²) in [4.78, 5) is 8.64. The van der Waals surface area contributed by atoms with E-state index in [1.807, 2.05) is 12.1 Å². The van der Waals surface area contributed by atoms with Crippen molar-refractivity contribution in [2.45, 2.75) is 25.8 Å². The SMILES string of the molecule is CCCOCC(Cc1cccc(Br)c1)Nc1ncnc2ccc(O)cc12. The molecular weight excluding hydrogens is 394 g/mol. The van der Waals surface area contributed by atoms with Crippen molar-refractivity contribution in [3.05, 3.63) is 58.8 Å². The van der Waals surface area contributed by atoms with Gasteiger partial charge in [-0.15, -0.1) is 0 Å². The monoisotopic (exact) mass is 415 g/mol. The number of hydrogen-bond acceptors (Lipinski definition) is 5. The maximum Gasteiger partial charge on any atom is 0.137 e. The highest BCUT2D eigenvalue weighted by Crippen LogP contribution is 2.24. The van der Waals surface area contributed by atoms with E-state index in [4.69, 9.17) is 4.74 Å². The first-order valence-electron chi connectivity index (χ1n) is 8.68. The summed E-state index contributed by atoms with van der Waals surface area (Å²) in [6.07, 6.45) is 3.31. The van der Waals surface area contributed by atoms with Crippen molar-refractivity contribution in [1.82, 2.24) is 9.97 Å². The van der Waals surface area contributed by atoms with Gasteiger partial charge in [0.25, 0.3) is 0 Å². The third-order valence-electron chi connectivity index (χ3n) is 4.00. The summed E-state index contributed by atoms with van der Waals surface area (Å²) in [5.74, 6) is 0.895. The first-order chi connectivity index (χ1) is 12.7. The molecule has 3 rings (SSSR count). The van der Waals surface area contributed by atoms with Crippen LogP contribution in [0.4, 0.5) is 5.82 Å². The van der Waals surface area contributed by atoms with E-state index in [1.165, 1.54) is 11.9 Å². The van der Waals surface area contributed by atoms with Crippen LogP contribution in [0.15, 0.2) is 53.3 Å². The third kappa shape index (κ3) is 4.93. The molecule has 1 atom stereocenters. The molecule has 5 nitrogen and oxygen atoms in total. The Morgan fingerprint density at radius 3 is 2.88 bits per heavy atom. The summed E-state index contributed by atoms with van der Waals surface area (Å²) in [6, 6.07) is 13.4. The molecule has 0 radical (unpaired) electrons. The maximum absolute atomic E-state index is 9.81. The van der Waals surface area contributed by atoms with E-state index < -0.39 is 0 Å². The molecule has 0 saturated carbocycles. The Labute approximate surface area is 161 Å². The molecule has 26 heavy (non-hydrogen) atoms. The summed E-state index contributed by atoms with van der Waals surface area (Å²) < 4.78 is 6.84. The highest BCUT2D eigenvalue weighted by Gasteiger charge is 2.14. The highest BCUT2D eigenvalue weighted by molar-refractivity contribution is 9.10. The van der Waals surface area contributed by atoms with E-state index in [1.54, 1.807) is 18.2 Å². The van der Waals surface area contributed by atoms with Gasteiger partial charge in [-0.25, -0.2) is 9.97 Å². The quantitative estimate of drug-likeness (QED) is 0.528. The van der Waals surface area contributed by atoms with Crippen molar-refractivity contribution in [1.29, 1.82) is 0 Å². The minimum absolute atomic E-state index is 0.0521. The number of aromatic nitrogens is 2. The Hall–Kier alpha value is -2.18. The number of nitrogens with zero attached hydrogens (tertiary/aromatic N) is 2. The van der Waals surface area contributed by atoms with E-state index in [2.05, 4.69) is 50.3 Å². The summed E-state index contributed by atoms with van der Waals surface area (Å²) in [5, 5.41) is 14.1. The zero-order valence-corrected chi connectivity index (χ0v) is 16.2. The first-order valence-corrected chi connectivity index (χ1v) is 9.47. The Balaban J connectivity index is 1.84. The standard InChI is InChI=1S/C20H22BrN3O2/c1-2-8-26-12-16(10-14-4-3-5-15(21)9-14)24-20-18-11-17(25)6-7-19(18)22-13-23-20/h3-7,9,11,13,16,25H,2,8,10,12H2,1H3,(H,22,23,24). The number of rotatable bonds is 8. The number of aromatic hydroxyl groups is 1. The van der Waals surface area contributed by atoms with Gasteiger partial charge in [0.1, 0.15) is 17.9 Å². The van der Waals surface area contributed by atoms with Gasteiger partial charge in [-0.05, 0) is 48.7 Å². The Kier molecular flexibility index (Phi) is 6.41. The smallest absolute Gasteiger partial charge is 0.137 e. The van der Waals surface area contributed by atoms with Crippen LogP contribution < -0.4 is 5.32 Å². The highest BCUT2D eigenvalue weighted by atomic mass is 79.9. The molecule has 0 aliphatic heterocycles. The molecular formula is C20H22BrN3O2. The number of fused-ring (bicyclic) bond motifs is 1. The predicted molar refractivity (Wildman–Crippen MR) is 108 cm³/mol. The second kappa shape index (κ2) is 8.96. The van der Waals surface area contributed by atoms with Gasteiger partial charge in [-0.1, -0.05) is 35.0 Å². The van der Waals surface area contributed by atoms with Crippen LogP contribution in [-0.2, 0) is 11.2 Å². The zero-order chi connectivity index (χ0) is 18.4. The van der Waals surface area contributed by atoms with Crippen molar-refractivity contribution in [3.63, 3.8) is 0 Å². The summed E-state index contributed by atoms with van der Waals surface area (Å²) >= 11 is 3.52. The van der Waals surface area contributed by atoms with Gasteiger partial charge in [-0.3, -0.25) is 0 Å². The van der Waals surface area contributed by atoms with Crippen LogP contribution in [0.5, 0.6) is 5.75 Å². The molecule has 2 N–H and O–H groups in total. The normalized spacial score (nSPS) is 12.2. The summed E-state index contributed by atoms with van der Waals surface area (Å²) in [5.41, 5.74) is 1.99. The molecule has 2 aromatic carbocycles. The molecule has 0 amide bonds. The first kappa shape index (κ1) is 18.6. The lowest BCUT2D eigenvalue weighted by Crippen LogP contribution is -2.29. The number of benzene rings is 2. The Morgan fingerprint density at radius 1 is 1.19 bits per heavy atom. The second-order valence-corrected chi connectivity index (χ2v) is 7.09. The van der Waals surface area contributed by atoms with Crippen LogP contribution in [0, 0.1) is 0 Å². The fraction of sp³-hybridized carbons (Fsp3) is 0.300. The molecule has 1 aromatic heterocycles. The number of hydrogen-bond donors (Lipinski definition) is 2. The minimum atomic E-state index is 0.0521. The van der Waals surface area contributed by atoms with Crippen LogP contribution in [0.2, 0.25) is 0 Å². The molecule has 1 unspecified atom stereocenters. The van der Waals surface area contributed by atoms with Gasteiger partial charge >= 0.3 is 0 Å². The molecule has 0 spiro atoms. The van der Waals surface area contributed by atoms with E-state index in [-0.39, 0.29) is 11.8 Å². The van der Waals surface area contributed by atoms with Crippen LogP contribution in [0.1, 0.15) is 18.9 Å². The Bertz CT molecular complexity index is 873. The molecule has 3 aromatic rings. The molecule has 0 aliphatic rings. The van der Waals surface area contributed by atoms with E-state index >= 15 is 0 Å². The lowest BCUT2D eigenvalue weighted by Gasteiger charge is -2.20. The van der Waals surface area contributed by atoms with Gasteiger partial charge < -0.3 is 15.2 Å². The number of phenolic OH excluding ortho intramolecular Hbond substituents is 1. The van der Waals surface area contributed by atoms with Gasteiger partial charge in [0, 0.05) is 16.5 Å². The largest absolute Gasteiger partial charge is 0.508 e. The number of phenols is 1. The van der Waals surface area contributed by atoms with Crippen LogP contribution >= 0.6 is 15.9 Å². The van der Waals surface area contributed by atoms with Gasteiger partial charge in [0.15, 0.2) is 0 Å². The fourth-order valence-corrected chi connectivity index (χ4v) is 3.27. The fourth-order valence-electron chi connectivity index (χ4n) is 2.82. The predicted octanol–water partition coefficient (Wildman–Crippen LogP) is 4.55. The number of halogens is 1. The van der Waals surface area contributed by atoms with Crippen molar-refractivity contribution < 1.29 is 9.84 Å². The van der Waals surface area contributed by atoms with Crippen molar-refractivity contribution >= 4 is 32.7 Å². The van der Waals surface area contributed by atoms with E-state index in [9.17, 15) is 5.11 Å². The second-order valence-electron chi connectivity index (χ2n) is 6.17. The molecule has 0 bridgehead atoms. The minimum Gasteiger partial charge on any atom is -0.508 e. The molecule has 1 heterocycles. The van der Waals surface area contributed by atoms with Crippen LogP contribution in [0.3, 0.4) is 0 Å². The van der Waals surface area contributed by atoms with Crippen molar-refractivity contribution in [3.8, 4) is 5.75 Å². The topological polar surface area (TPSA) is 67.3 Å². The lowest BCUT2D eigenvalue weighted by atomic mass is 10.1. The Morgan fingerprint density at radius 2 is 2.08 bits per heavy atom. The average molecular weight is 416 g/mol. The molecule has 0 fully saturated rings. The van der Waals surface area contributed by atoms with E-state index in [0.29, 0.717) is 12.4 Å². The molecule has 0 aliphatic carbocycles. The molecule has 6 heteroatoms. The zero-order valence-electron chi connectivity index (χ0n) is 14.7. The maximum atomic E-state index is 9.81. The number of nitrogens with one attached hydrogen (secondary N) is 1. The average Bonchev–Trinajstić information content (AvgIpc) is 2.62. The molecule has 136 valence electrons. The van der Waals surface area contributed by atoms with Gasteiger partial charge in [-0.2, -0.15) is 0 Å². The summed E-state index contributed by atoms with van der Waals surface area (Å²) in [7, 11) is 0. The van der Waals surface area contributed by atoms with E-state index in [0.717, 1.165) is 34.8 Å². The van der Waals surface area contributed by atoms with Crippen LogP contribution in [-0.4, -0.2) is 34.3 Å². The molecule has 0 saturated heterocycles. The summed E-state index contributed by atoms with van der Waals surface area (Å²) in [6.45, 7) is 3.39. The van der Waals surface area contributed by atoms with Crippen LogP contribution in [0.25, 0.3) is 10.9 Å². The third-order valence-corrected chi connectivity index (χ3v) is 4.49. The van der Waals surface area contributed by atoms with Crippen molar-refractivity contribution in [2.24, 2.45) is 0 Å². The van der Waals surface area contributed by atoms with Gasteiger partial charge in [0.2, 0.25) is 0 Å². The number of anilines is 1. The number of ether oxygens (including phenoxy) is 1. The van der Waals surface area contributed by atoms with Crippen molar-refractivity contribution in [2.75, 3.05) is 18.5 Å². The van der Waals surface area contributed by atoms with Gasteiger partial charge in [0.05, 0.1) is 18.2 Å².